The average molecular weight is 339 g/mol. The molecule has 1 aromatic carbocycles. The first-order chi connectivity index (χ1) is 11.7. The number of carbonyl (C=O) groups excluding carboxylic acids is 1. The predicted octanol–water partition coefficient (Wildman–Crippen LogP) is 3.99. The predicted molar refractivity (Wildman–Crippen MR) is 95.2 cm³/mol. The summed E-state index contributed by atoms with van der Waals surface area (Å²) >= 11 is 5.89. The molecule has 0 radical (unpaired) electrons. The first-order valence-corrected chi connectivity index (χ1v) is 7.75. The fourth-order valence-electron chi connectivity index (χ4n) is 2.09. The van der Waals surface area contributed by atoms with Crippen LogP contribution in [-0.4, -0.2) is 15.9 Å². The molecule has 0 fully saturated rings. The number of carbonyl (C=O) groups is 1. The number of pyridine rings is 2. The zero-order chi connectivity index (χ0) is 16.8. The lowest BCUT2D eigenvalue weighted by molar-refractivity contribution is 0.102. The Hall–Kier alpha value is -2.92. The van der Waals surface area contributed by atoms with E-state index in [1.165, 1.54) is 0 Å². The van der Waals surface area contributed by atoms with Crippen molar-refractivity contribution in [3.8, 4) is 0 Å². The molecule has 2 heterocycles. The van der Waals surface area contributed by atoms with E-state index >= 15 is 0 Å². The number of hydrogen-bond acceptors (Lipinski definition) is 4. The van der Waals surface area contributed by atoms with Crippen LogP contribution in [0.4, 0.5) is 11.5 Å². The van der Waals surface area contributed by atoms with Crippen LogP contribution in [0.3, 0.4) is 0 Å². The number of anilines is 2. The quantitative estimate of drug-likeness (QED) is 0.738. The van der Waals surface area contributed by atoms with Crippen molar-refractivity contribution in [2.75, 3.05) is 10.6 Å². The van der Waals surface area contributed by atoms with Gasteiger partial charge in [0.1, 0.15) is 5.82 Å². The van der Waals surface area contributed by atoms with Crippen LogP contribution in [0.15, 0.2) is 67.0 Å². The largest absolute Gasteiger partial charge is 0.378 e. The van der Waals surface area contributed by atoms with Crippen molar-refractivity contribution in [1.82, 2.24) is 9.97 Å². The second kappa shape index (κ2) is 7.57. The van der Waals surface area contributed by atoms with E-state index in [2.05, 4.69) is 20.6 Å². The molecule has 0 saturated carbocycles. The number of nitrogens with zero attached hydrogens (tertiary/aromatic N) is 2. The number of aromatic nitrogens is 2. The Balaban J connectivity index is 1.59. The Morgan fingerprint density at radius 3 is 2.67 bits per heavy atom. The summed E-state index contributed by atoms with van der Waals surface area (Å²) in [4.78, 5) is 20.6. The number of hydrogen-bond donors (Lipinski definition) is 2. The molecule has 24 heavy (non-hydrogen) atoms. The van der Waals surface area contributed by atoms with Gasteiger partial charge in [-0.2, -0.15) is 0 Å². The number of halogens is 1. The summed E-state index contributed by atoms with van der Waals surface area (Å²) in [5.41, 5.74) is 2.28. The highest BCUT2D eigenvalue weighted by atomic mass is 35.5. The monoisotopic (exact) mass is 338 g/mol. The lowest BCUT2D eigenvalue weighted by Gasteiger charge is -2.08. The van der Waals surface area contributed by atoms with Crippen molar-refractivity contribution in [2.45, 2.75) is 6.54 Å². The van der Waals surface area contributed by atoms with E-state index in [1.54, 1.807) is 42.7 Å². The molecule has 5 nitrogen and oxygen atoms in total. The minimum absolute atomic E-state index is 0.251. The molecule has 2 N–H and O–H groups in total. The normalized spacial score (nSPS) is 10.2. The highest BCUT2D eigenvalue weighted by molar-refractivity contribution is 6.31. The van der Waals surface area contributed by atoms with Gasteiger partial charge in [0.25, 0.3) is 5.91 Å². The molecule has 0 atom stereocenters. The molecule has 120 valence electrons. The van der Waals surface area contributed by atoms with Crippen LogP contribution >= 0.6 is 11.6 Å². The van der Waals surface area contributed by atoms with Crippen molar-refractivity contribution in [2.24, 2.45) is 0 Å². The molecule has 3 rings (SSSR count). The van der Waals surface area contributed by atoms with Gasteiger partial charge in [0.2, 0.25) is 0 Å². The molecule has 6 heteroatoms. The Bertz CT molecular complexity index is 822. The number of rotatable bonds is 5. The molecule has 0 saturated heterocycles. The molecule has 0 aliphatic rings. The second-order valence-electron chi connectivity index (χ2n) is 5.07. The Morgan fingerprint density at radius 2 is 1.96 bits per heavy atom. The van der Waals surface area contributed by atoms with Gasteiger partial charge in [0.15, 0.2) is 0 Å². The van der Waals surface area contributed by atoms with E-state index in [4.69, 9.17) is 11.6 Å². The van der Waals surface area contributed by atoms with Crippen molar-refractivity contribution in [3.63, 3.8) is 0 Å². The van der Waals surface area contributed by atoms with Gasteiger partial charge in [0, 0.05) is 16.8 Å². The summed E-state index contributed by atoms with van der Waals surface area (Å²) in [5.74, 6) is 0.225. The fourth-order valence-corrected chi connectivity index (χ4v) is 2.28. The Morgan fingerprint density at radius 1 is 1.04 bits per heavy atom. The minimum atomic E-state index is -0.251. The molecule has 3 aromatic rings. The third-order valence-corrected chi connectivity index (χ3v) is 3.53. The summed E-state index contributed by atoms with van der Waals surface area (Å²) < 4.78 is 0. The number of benzene rings is 1. The molecule has 1 amide bonds. The third-order valence-electron chi connectivity index (χ3n) is 3.29. The highest BCUT2D eigenvalue weighted by Crippen LogP contribution is 2.14. The Labute approximate surface area is 144 Å². The lowest BCUT2D eigenvalue weighted by Crippen LogP contribution is -2.13. The fraction of sp³-hybridized carbons (Fsp3) is 0.0556. The van der Waals surface area contributed by atoms with Gasteiger partial charge < -0.3 is 10.6 Å². The van der Waals surface area contributed by atoms with Crippen LogP contribution in [0.2, 0.25) is 5.02 Å². The molecule has 0 aliphatic heterocycles. The molecule has 0 unspecified atom stereocenters. The molecule has 0 aliphatic carbocycles. The SMILES string of the molecule is O=C(Nc1ccc(NCc2ccccn2)cn1)c1cccc(Cl)c1. The second-order valence-corrected chi connectivity index (χ2v) is 5.51. The molecular formula is C18H15ClN4O. The van der Waals surface area contributed by atoms with Crippen LogP contribution < -0.4 is 10.6 Å². The number of nitrogens with one attached hydrogen (secondary N) is 2. The van der Waals surface area contributed by atoms with Crippen LogP contribution in [0.5, 0.6) is 0 Å². The van der Waals surface area contributed by atoms with Crippen molar-refractivity contribution < 1.29 is 4.79 Å². The first-order valence-electron chi connectivity index (χ1n) is 7.37. The van der Waals surface area contributed by atoms with Crippen molar-refractivity contribution in [1.29, 1.82) is 0 Å². The smallest absolute Gasteiger partial charge is 0.256 e. The van der Waals surface area contributed by atoms with Crippen LogP contribution in [0.1, 0.15) is 16.1 Å². The average Bonchev–Trinajstić information content (AvgIpc) is 2.62. The van der Waals surface area contributed by atoms with Gasteiger partial charge in [0.05, 0.1) is 24.1 Å². The van der Waals surface area contributed by atoms with Gasteiger partial charge in [-0.3, -0.25) is 9.78 Å². The van der Waals surface area contributed by atoms with E-state index in [1.807, 2.05) is 24.3 Å². The topological polar surface area (TPSA) is 66.9 Å². The minimum Gasteiger partial charge on any atom is -0.378 e. The maximum Gasteiger partial charge on any atom is 0.256 e. The van der Waals surface area contributed by atoms with Gasteiger partial charge >= 0.3 is 0 Å². The van der Waals surface area contributed by atoms with E-state index in [0.717, 1.165) is 11.4 Å². The van der Waals surface area contributed by atoms with E-state index < -0.39 is 0 Å². The van der Waals surface area contributed by atoms with E-state index in [0.29, 0.717) is 22.9 Å². The van der Waals surface area contributed by atoms with Crippen LogP contribution in [-0.2, 0) is 6.54 Å². The third kappa shape index (κ3) is 4.30. The molecule has 2 aromatic heterocycles. The Kier molecular flexibility index (Phi) is 5.03. The van der Waals surface area contributed by atoms with E-state index in [-0.39, 0.29) is 5.91 Å². The van der Waals surface area contributed by atoms with Gasteiger partial charge in [-0.05, 0) is 42.5 Å². The van der Waals surface area contributed by atoms with Crippen molar-refractivity contribution in [3.05, 3.63) is 83.3 Å². The lowest BCUT2D eigenvalue weighted by atomic mass is 10.2. The van der Waals surface area contributed by atoms with Crippen molar-refractivity contribution >= 4 is 29.0 Å². The van der Waals surface area contributed by atoms with Gasteiger partial charge in [-0.15, -0.1) is 0 Å². The summed E-state index contributed by atoms with van der Waals surface area (Å²) in [7, 11) is 0. The van der Waals surface area contributed by atoms with Crippen LogP contribution in [0, 0.1) is 0 Å². The summed E-state index contributed by atoms with van der Waals surface area (Å²) in [6.07, 6.45) is 3.42. The maximum atomic E-state index is 12.1. The summed E-state index contributed by atoms with van der Waals surface area (Å²) in [5, 5.41) is 6.48. The van der Waals surface area contributed by atoms with Gasteiger partial charge in [-0.1, -0.05) is 23.7 Å². The van der Waals surface area contributed by atoms with E-state index in [9.17, 15) is 4.79 Å². The number of amides is 1. The zero-order valence-corrected chi connectivity index (χ0v) is 13.5. The summed E-state index contributed by atoms with van der Waals surface area (Å²) in [6, 6.07) is 16.1. The molecule has 0 spiro atoms. The van der Waals surface area contributed by atoms with Crippen LogP contribution in [0.25, 0.3) is 0 Å². The molecular weight excluding hydrogens is 324 g/mol. The first kappa shape index (κ1) is 16.0. The standard InChI is InChI=1S/C18H15ClN4O/c19-14-5-3-4-13(10-14)18(24)23-17-8-7-16(12-22-17)21-11-15-6-1-2-9-20-15/h1-10,12,21H,11H2,(H,22,23,24). The van der Waals surface area contributed by atoms with Gasteiger partial charge in [-0.25, -0.2) is 4.98 Å². The zero-order valence-electron chi connectivity index (χ0n) is 12.7. The highest BCUT2D eigenvalue weighted by Gasteiger charge is 2.07. The molecule has 0 bridgehead atoms. The summed E-state index contributed by atoms with van der Waals surface area (Å²) in [6.45, 7) is 0.608. The maximum absolute atomic E-state index is 12.1.